The summed E-state index contributed by atoms with van der Waals surface area (Å²) in [5, 5.41) is 13.0. The van der Waals surface area contributed by atoms with E-state index in [0.29, 0.717) is 5.75 Å². The Balaban J connectivity index is 2.45. The van der Waals surface area contributed by atoms with Crippen LogP contribution in [0.3, 0.4) is 0 Å². The van der Waals surface area contributed by atoms with E-state index in [2.05, 4.69) is 10.3 Å². The van der Waals surface area contributed by atoms with Crippen molar-refractivity contribution >= 4 is 0 Å². The zero-order valence-electron chi connectivity index (χ0n) is 8.67. The molecule has 0 spiro atoms. The van der Waals surface area contributed by atoms with Crippen LogP contribution in [0.4, 0.5) is 0 Å². The third kappa shape index (κ3) is 1.60. The topological polar surface area (TPSA) is 45.2 Å². The van der Waals surface area contributed by atoms with Crippen LogP contribution in [-0.2, 0) is 13.0 Å². The van der Waals surface area contributed by atoms with Crippen molar-refractivity contribution in [1.29, 1.82) is 0 Å². The maximum absolute atomic E-state index is 9.75. The summed E-state index contributed by atoms with van der Waals surface area (Å²) < 4.78 is 0. The average molecular weight is 192 g/mol. The van der Waals surface area contributed by atoms with Crippen LogP contribution >= 0.6 is 0 Å². The summed E-state index contributed by atoms with van der Waals surface area (Å²) >= 11 is 0. The molecule has 0 bridgehead atoms. The van der Waals surface area contributed by atoms with Gasteiger partial charge >= 0.3 is 0 Å². The monoisotopic (exact) mass is 192 g/mol. The zero-order valence-corrected chi connectivity index (χ0v) is 8.67. The Bertz CT molecular complexity index is 347. The molecule has 2 N–H and O–H groups in total. The van der Waals surface area contributed by atoms with Crippen LogP contribution in [0.25, 0.3) is 0 Å². The van der Waals surface area contributed by atoms with Crippen LogP contribution in [0.2, 0.25) is 0 Å². The van der Waals surface area contributed by atoms with Crippen molar-refractivity contribution in [2.45, 2.75) is 32.7 Å². The largest absolute Gasteiger partial charge is 0.506 e. The lowest BCUT2D eigenvalue weighted by molar-refractivity contribution is 0.455. The van der Waals surface area contributed by atoms with Gasteiger partial charge in [0.05, 0.1) is 11.4 Å². The number of hydrogen-bond donors (Lipinski definition) is 2. The van der Waals surface area contributed by atoms with Crippen LogP contribution in [0, 0.1) is 0 Å². The fraction of sp³-hybridized carbons (Fsp3) is 0.545. The molecule has 0 saturated carbocycles. The summed E-state index contributed by atoms with van der Waals surface area (Å²) in [6.07, 6.45) is 0.967. The van der Waals surface area contributed by atoms with Crippen LogP contribution in [-0.4, -0.2) is 16.6 Å². The van der Waals surface area contributed by atoms with Crippen molar-refractivity contribution in [2.24, 2.45) is 0 Å². The van der Waals surface area contributed by atoms with Gasteiger partial charge in [-0.1, -0.05) is 13.8 Å². The molecular weight excluding hydrogens is 176 g/mol. The Hall–Kier alpha value is -1.09. The second kappa shape index (κ2) is 3.58. The van der Waals surface area contributed by atoms with Crippen molar-refractivity contribution in [3.63, 3.8) is 0 Å². The third-order valence-electron chi connectivity index (χ3n) is 2.61. The lowest BCUT2D eigenvalue weighted by Crippen LogP contribution is -2.25. The van der Waals surface area contributed by atoms with Gasteiger partial charge in [-0.05, 0) is 30.5 Å². The van der Waals surface area contributed by atoms with Gasteiger partial charge in [-0.15, -0.1) is 0 Å². The first-order valence-corrected chi connectivity index (χ1v) is 5.11. The van der Waals surface area contributed by atoms with Gasteiger partial charge in [0.2, 0.25) is 0 Å². The summed E-state index contributed by atoms with van der Waals surface area (Å²) in [4.78, 5) is 4.50. The molecule has 2 rings (SSSR count). The van der Waals surface area contributed by atoms with E-state index in [0.717, 1.165) is 30.9 Å². The SMILES string of the molecule is CC(C)c1nc2c(cc1O)CCNC2. The summed E-state index contributed by atoms with van der Waals surface area (Å²) in [5.41, 5.74) is 3.09. The third-order valence-corrected chi connectivity index (χ3v) is 2.61. The number of aromatic nitrogens is 1. The number of rotatable bonds is 1. The van der Waals surface area contributed by atoms with E-state index in [1.54, 1.807) is 0 Å². The molecule has 0 fully saturated rings. The molecule has 1 aromatic rings. The number of fused-ring (bicyclic) bond motifs is 1. The van der Waals surface area contributed by atoms with E-state index in [4.69, 9.17) is 0 Å². The Labute approximate surface area is 84.2 Å². The van der Waals surface area contributed by atoms with E-state index >= 15 is 0 Å². The first-order valence-electron chi connectivity index (χ1n) is 5.11. The van der Waals surface area contributed by atoms with E-state index < -0.39 is 0 Å². The molecule has 0 saturated heterocycles. The molecule has 0 amide bonds. The number of pyridine rings is 1. The minimum Gasteiger partial charge on any atom is -0.506 e. The van der Waals surface area contributed by atoms with Crippen molar-refractivity contribution in [3.8, 4) is 5.75 Å². The Morgan fingerprint density at radius 1 is 1.50 bits per heavy atom. The van der Waals surface area contributed by atoms with Gasteiger partial charge < -0.3 is 10.4 Å². The van der Waals surface area contributed by atoms with Crippen LogP contribution < -0.4 is 5.32 Å². The van der Waals surface area contributed by atoms with Crippen molar-refractivity contribution < 1.29 is 5.11 Å². The lowest BCUT2D eigenvalue weighted by Gasteiger charge is -2.18. The maximum atomic E-state index is 9.75. The van der Waals surface area contributed by atoms with Gasteiger partial charge in [0.25, 0.3) is 0 Å². The number of aromatic hydroxyl groups is 1. The summed E-state index contributed by atoms with van der Waals surface area (Å²) in [6.45, 7) is 5.90. The maximum Gasteiger partial charge on any atom is 0.137 e. The molecule has 3 nitrogen and oxygen atoms in total. The summed E-state index contributed by atoms with van der Waals surface area (Å²) in [5.74, 6) is 0.628. The first kappa shape index (κ1) is 9.46. The quantitative estimate of drug-likeness (QED) is 0.709. The number of hydrogen-bond acceptors (Lipinski definition) is 3. The van der Waals surface area contributed by atoms with Gasteiger partial charge in [-0.3, -0.25) is 4.98 Å². The van der Waals surface area contributed by atoms with E-state index in [1.165, 1.54) is 5.56 Å². The summed E-state index contributed by atoms with van der Waals surface area (Å²) in [7, 11) is 0. The Morgan fingerprint density at radius 3 is 3.00 bits per heavy atom. The predicted molar refractivity (Wildman–Crippen MR) is 55.4 cm³/mol. The van der Waals surface area contributed by atoms with E-state index in [1.807, 2.05) is 19.9 Å². The van der Waals surface area contributed by atoms with E-state index in [-0.39, 0.29) is 5.92 Å². The molecule has 3 heteroatoms. The molecule has 1 aromatic heterocycles. The molecule has 76 valence electrons. The molecule has 0 aliphatic carbocycles. The van der Waals surface area contributed by atoms with Crippen molar-refractivity contribution in [3.05, 3.63) is 23.0 Å². The highest BCUT2D eigenvalue weighted by atomic mass is 16.3. The van der Waals surface area contributed by atoms with Gasteiger partial charge in [-0.2, -0.15) is 0 Å². The Morgan fingerprint density at radius 2 is 2.29 bits per heavy atom. The normalized spacial score (nSPS) is 15.6. The molecule has 0 aromatic carbocycles. The highest BCUT2D eigenvalue weighted by Crippen LogP contribution is 2.26. The van der Waals surface area contributed by atoms with E-state index in [9.17, 15) is 5.11 Å². The molecule has 1 aliphatic rings. The van der Waals surface area contributed by atoms with Crippen LogP contribution in [0.5, 0.6) is 5.75 Å². The second-order valence-corrected chi connectivity index (χ2v) is 4.08. The lowest BCUT2D eigenvalue weighted by atomic mass is 10.0. The molecular formula is C11H16N2O. The smallest absolute Gasteiger partial charge is 0.137 e. The van der Waals surface area contributed by atoms with Crippen molar-refractivity contribution in [1.82, 2.24) is 10.3 Å². The minimum atomic E-state index is 0.280. The molecule has 1 aliphatic heterocycles. The molecule has 0 radical (unpaired) electrons. The van der Waals surface area contributed by atoms with Gasteiger partial charge in [-0.25, -0.2) is 0 Å². The predicted octanol–water partition coefficient (Wildman–Crippen LogP) is 1.56. The zero-order chi connectivity index (χ0) is 10.1. The minimum absolute atomic E-state index is 0.280. The van der Waals surface area contributed by atoms with Crippen LogP contribution in [0.15, 0.2) is 6.07 Å². The highest BCUT2D eigenvalue weighted by Gasteiger charge is 2.15. The average Bonchev–Trinajstić information content (AvgIpc) is 2.16. The second-order valence-electron chi connectivity index (χ2n) is 4.08. The number of nitrogens with zero attached hydrogens (tertiary/aromatic N) is 1. The van der Waals surface area contributed by atoms with Gasteiger partial charge in [0.1, 0.15) is 5.75 Å². The molecule has 2 heterocycles. The van der Waals surface area contributed by atoms with Crippen molar-refractivity contribution in [2.75, 3.05) is 6.54 Å². The fourth-order valence-electron chi connectivity index (χ4n) is 1.82. The summed E-state index contributed by atoms with van der Waals surface area (Å²) in [6, 6.07) is 1.87. The molecule has 14 heavy (non-hydrogen) atoms. The molecule has 0 atom stereocenters. The van der Waals surface area contributed by atoms with Gasteiger partial charge in [0, 0.05) is 6.54 Å². The first-order chi connectivity index (χ1) is 6.68. The van der Waals surface area contributed by atoms with Gasteiger partial charge in [0.15, 0.2) is 0 Å². The van der Waals surface area contributed by atoms with Crippen LogP contribution in [0.1, 0.15) is 36.7 Å². The standard InChI is InChI=1S/C11H16N2O/c1-7(2)11-10(14)5-8-3-4-12-6-9(8)13-11/h5,7,12,14H,3-4,6H2,1-2H3. The Kier molecular flexibility index (Phi) is 2.42. The highest BCUT2D eigenvalue weighted by molar-refractivity contribution is 5.37. The fourth-order valence-corrected chi connectivity index (χ4v) is 1.82. The molecule has 0 unspecified atom stereocenters. The number of nitrogens with one attached hydrogen (secondary N) is 1.